The molecule has 0 atom stereocenters. The summed E-state index contributed by atoms with van der Waals surface area (Å²) in [7, 11) is 0. The third-order valence-electron chi connectivity index (χ3n) is 1.95. The maximum atomic E-state index is 13.2. The first kappa shape index (κ1) is 14.3. The van der Waals surface area contributed by atoms with Gasteiger partial charge in [0.2, 0.25) is 0 Å². The number of rotatable bonds is 6. The Morgan fingerprint density at radius 2 is 2.11 bits per heavy atom. The number of hydrogen-bond donors (Lipinski definition) is 3. The highest BCUT2D eigenvalue weighted by atomic mass is 19.1. The van der Waals surface area contributed by atoms with Crippen LogP contribution in [0.3, 0.4) is 0 Å². The molecule has 1 rings (SSSR count). The highest BCUT2D eigenvalue weighted by Crippen LogP contribution is 2.14. The third-order valence-corrected chi connectivity index (χ3v) is 1.95. The average molecular weight is 260 g/mol. The van der Waals surface area contributed by atoms with Crippen molar-refractivity contribution in [1.29, 1.82) is 0 Å². The Balaban J connectivity index is 2.31. The van der Waals surface area contributed by atoms with Gasteiger partial charge >= 0.3 is 6.03 Å². The topological polar surface area (TPSA) is 70.6 Å². The Morgan fingerprint density at radius 1 is 1.33 bits per heavy atom. The largest absolute Gasteiger partial charge is 0.394 e. The van der Waals surface area contributed by atoms with Gasteiger partial charge in [-0.05, 0) is 12.1 Å². The van der Waals surface area contributed by atoms with Gasteiger partial charge in [0.05, 0.1) is 25.5 Å². The van der Waals surface area contributed by atoms with E-state index >= 15 is 0 Å². The van der Waals surface area contributed by atoms with Crippen molar-refractivity contribution >= 4 is 11.7 Å². The van der Waals surface area contributed by atoms with Crippen molar-refractivity contribution in [2.45, 2.75) is 0 Å². The molecule has 0 bridgehead atoms. The molecule has 0 radical (unpaired) electrons. The lowest BCUT2D eigenvalue weighted by molar-refractivity contribution is 0.0950. The lowest BCUT2D eigenvalue weighted by atomic mass is 10.3. The normalized spacial score (nSPS) is 10.2. The van der Waals surface area contributed by atoms with Gasteiger partial charge in [-0.25, -0.2) is 13.6 Å². The van der Waals surface area contributed by atoms with Crippen molar-refractivity contribution in [2.75, 3.05) is 31.7 Å². The van der Waals surface area contributed by atoms with Crippen LogP contribution >= 0.6 is 0 Å². The minimum absolute atomic E-state index is 0.0903. The van der Waals surface area contributed by atoms with Crippen molar-refractivity contribution in [3.8, 4) is 0 Å². The zero-order chi connectivity index (χ0) is 13.4. The molecule has 0 aliphatic heterocycles. The molecule has 100 valence electrons. The lowest BCUT2D eigenvalue weighted by Gasteiger charge is -2.08. The van der Waals surface area contributed by atoms with E-state index in [2.05, 4.69) is 10.6 Å². The Hall–Kier alpha value is -1.73. The summed E-state index contributed by atoms with van der Waals surface area (Å²) in [5.74, 6) is -1.56. The van der Waals surface area contributed by atoms with Crippen LogP contribution in [-0.2, 0) is 4.74 Å². The number of ether oxygens (including phenoxy) is 1. The van der Waals surface area contributed by atoms with Crippen molar-refractivity contribution in [1.82, 2.24) is 5.32 Å². The van der Waals surface area contributed by atoms with Gasteiger partial charge in [-0.15, -0.1) is 0 Å². The molecule has 2 amide bonds. The van der Waals surface area contributed by atoms with Crippen LogP contribution < -0.4 is 10.6 Å². The average Bonchev–Trinajstić information content (AvgIpc) is 2.32. The SMILES string of the molecule is O=C(NCCOCCO)Nc1ccc(F)cc1F. The van der Waals surface area contributed by atoms with E-state index in [-0.39, 0.29) is 32.1 Å². The number of nitrogens with one attached hydrogen (secondary N) is 2. The fraction of sp³-hybridized carbons (Fsp3) is 0.364. The van der Waals surface area contributed by atoms with Crippen LogP contribution in [0.25, 0.3) is 0 Å². The van der Waals surface area contributed by atoms with Crippen LogP contribution in [0.5, 0.6) is 0 Å². The highest BCUT2D eigenvalue weighted by molar-refractivity contribution is 5.89. The van der Waals surface area contributed by atoms with Crippen LogP contribution in [0.2, 0.25) is 0 Å². The lowest BCUT2D eigenvalue weighted by Crippen LogP contribution is -2.32. The van der Waals surface area contributed by atoms with Crippen LogP contribution in [0, 0.1) is 11.6 Å². The molecule has 1 aromatic rings. The molecule has 0 unspecified atom stereocenters. The molecule has 0 spiro atoms. The molecular weight excluding hydrogens is 246 g/mol. The molecule has 3 N–H and O–H groups in total. The summed E-state index contributed by atoms with van der Waals surface area (Å²) in [5, 5.41) is 13.1. The Kier molecular flexibility index (Phi) is 6.03. The number of aliphatic hydroxyl groups excluding tert-OH is 1. The van der Waals surface area contributed by atoms with E-state index in [1.807, 2.05) is 0 Å². The molecule has 0 aromatic heterocycles. The van der Waals surface area contributed by atoms with Crippen molar-refractivity contribution in [2.24, 2.45) is 0 Å². The number of carbonyl (C=O) groups is 1. The molecule has 0 aliphatic rings. The smallest absolute Gasteiger partial charge is 0.319 e. The maximum absolute atomic E-state index is 13.2. The van der Waals surface area contributed by atoms with E-state index in [9.17, 15) is 13.6 Å². The van der Waals surface area contributed by atoms with Gasteiger partial charge < -0.3 is 20.5 Å². The van der Waals surface area contributed by atoms with Crippen LogP contribution in [-0.4, -0.2) is 37.5 Å². The number of benzene rings is 1. The summed E-state index contributed by atoms with van der Waals surface area (Å²) in [6, 6.07) is 2.24. The molecule has 0 saturated heterocycles. The second kappa shape index (κ2) is 7.57. The van der Waals surface area contributed by atoms with Gasteiger partial charge in [0.15, 0.2) is 0 Å². The van der Waals surface area contributed by atoms with Gasteiger partial charge in [0, 0.05) is 12.6 Å². The Morgan fingerprint density at radius 3 is 2.78 bits per heavy atom. The minimum Gasteiger partial charge on any atom is -0.394 e. The molecule has 0 saturated carbocycles. The number of carbonyl (C=O) groups excluding carboxylic acids is 1. The molecule has 0 heterocycles. The highest BCUT2D eigenvalue weighted by Gasteiger charge is 2.06. The molecular formula is C11H14F2N2O3. The fourth-order valence-corrected chi connectivity index (χ4v) is 1.16. The first-order valence-corrected chi connectivity index (χ1v) is 5.32. The molecule has 18 heavy (non-hydrogen) atoms. The van der Waals surface area contributed by atoms with Crippen molar-refractivity contribution < 1.29 is 23.4 Å². The number of aliphatic hydroxyl groups is 1. The molecule has 0 aliphatic carbocycles. The predicted molar refractivity (Wildman–Crippen MR) is 61.3 cm³/mol. The number of hydrogen-bond acceptors (Lipinski definition) is 3. The fourth-order valence-electron chi connectivity index (χ4n) is 1.16. The summed E-state index contributed by atoms with van der Waals surface area (Å²) in [6.07, 6.45) is 0. The van der Waals surface area contributed by atoms with E-state index < -0.39 is 17.7 Å². The van der Waals surface area contributed by atoms with E-state index in [0.29, 0.717) is 6.07 Å². The predicted octanol–water partition coefficient (Wildman–Crippen LogP) is 1.10. The quantitative estimate of drug-likeness (QED) is 0.671. The minimum atomic E-state index is -0.846. The van der Waals surface area contributed by atoms with Crippen molar-refractivity contribution in [3.63, 3.8) is 0 Å². The Labute approximate surface area is 103 Å². The number of anilines is 1. The second-order valence-corrected chi connectivity index (χ2v) is 3.34. The van der Waals surface area contributed by atoms with E-state index in [1.54, 1.807) is 0 Å². The van der Waals surface area contributed by atoms with Gasteiger partial charge in [-0.1, -0.05) is 0 Å². The van der Waals surface area contributed by atoms with Crippen LogP contribution in [0.4, 0.5) is 19.3 Å². The monoisotopic (exact) mass is 260 g/mol. The first-order valence-electron chi connectivity index (χ1n) is 5.32. The second-order valence-electron chi connectivity index (χ2n) is 3.34. The summed E-state index contributed by atoms with van der Waals surface area (Å²) < 4.78 is 30.7. The van der Waals surface area contributed by atoms with E-state index in [1.165, 1.54) is 0 Å². The number of halogens is 2. The summed E-state index contributed by atoms with van der Waals surface area (Å²) in [4.78, 5) is 11.3. The molecule has 5 nitrogen and oxygen atoms in total. The summed E-state index contributed by atoms with van der Waals surface area (Å²) in [6.45, 7) is 0.553. The summed E-state index contributed by atoms with van der Waals surface area (Å²) >= 11 is 0. The van der Waals surface area contributed by atoms with Gasteiger partial charge in [0.1, 0.15) is 11.6 Å². The Bertz CT molecular complexity index is 402. The standard InChI is InChI=1S/C11H14F2N2O3/c12-8-1-2-10(9(13)7-8)15-11(17)14-3-5-18-6-4-16/h1-2,7,16H,3-6H2,(H2,14,15,17). The molecule has 7 heteroatoms. The van der Waals surface area contributed by atoms with Gasteiger partial charge in [-0.3, -0.25) is 0 Å². The maximum Gasteiger partial charge on any atom is 0.319 e. The van der Waals surface area contributed by atoms with Crippen LogP contribution in [0.1, 0.15) is 0 Å². The third kappa shape index (κ3) is 5.07. The van der Waals surface area contributed by atoms with Gasteiger partial charge in [0.25, 0.3) is 0 Å². The summed E-state index contributed by atoms with van der Waals surface area (Å²) in [5.41, 5.74) is -0.106. The van der Waals surface area contributed by atoms with Crippen LogP contribution in [0.15, 0.2) is 18.2 Å². The zero-order valence-electron chi connectivity index (χ0n) is 9.58. The van der Waals surface area contributed by atoms with Crippen molar-refractivity contribution in [3.05, 3.63) is 29.8 Å². The van der Waals surface area contributed by atoms with E-state index in [0.717, 1.165) is 12.1 Å². The zero-order valence-corrected chi connectivity index (χ0v) is 9.58. The van der Waals surface area contributed by atoms with E-state index in [4.69, 9.17) is 9.84 Å². The molecule has 1 aromatic carbocycles. The first-order chi connectivity index (χ1) is 8.63. The van der Waals surface area contributed by atoms with Gasteiger partial charge in [-0.2, -0.15) is 0 Å². The number of urea groups is 1. The number of amides is 2. The molecule has 0 fully saturated rings.